The molecule has 2 aliphatic heterocycles. The van der Waals surface area contributed by atoms with E-state index in [1.54, 1.807) is 0 Å². The van der Waals surface area contributed by atoms with Crippen LogP contribution in [0.15, 0.2) is 0 Å². The van der Waals surface area contributed by atoms with E-state index < -0.39 is 0 Å². The minimum atomic E-state index is 0. The molecular formula is C17H33ClN2O. The molecule has 0 bridgehead atoms. The number of amides is 1. The second-order valence-corrected chi connectivity index (χ2v) is 7.75. The van der Waals surface area contributed by atoms with E-state index in [9.17, 15) is 4.79 Å². The van der Waals surface area contributed by atoms with Crippen LogP contribution < -0.4 is 5.32 Å². The summed E-state index contributed by atoms with van der Waals surface area (Å²) in [6.45, 7) is 11.2. The van der Waals surface area contributed by atoms with Gasteiger partial charge in [0, 0.05) is 19.5 Å². The van der Waals surface area contributed by atoms with Gasteiger partial charge in [0.2, 0.25) is 5.91 Å². The highest BCUT2D eigenvalue weighted by molar-refractivity contribution is 5.85. The zero-order valence-electron chi connectivity index (χ0n) is 14.0. The average Bonchev–Trinajstić information content (AvgIpc) is 2.45. The van der Waals surface area contributed by atoms with Crippen LogP contribution in [0.4, 0.5) is 0 Å². The number of likely N-dealkylation sites (tertiary alicyclic amines) is 1. The highest BCUT2D eigenvalue weighted by atomic mass is 35.5. The fourth-order valence-electron chi connectivity index (χ4n) is 3.65. The number of nitrogens with one attached hydrogen (secondary N) is 1. The van der Waals surface area contributed by atoms with Crippen molar-refractivity contribution in [2.24, 2.45) is 17.3 Å². The van der Waals surface area contributed by atoms with Crippen LogP contribution in [0.5, 0.6) is 0 Å². The molecule has 2 heterocycles. The molecule has 21 heavy (non-hydrogen) atoms. The molecule has 124 valence electrons. The summed E-state index contributed by atoms with van der Waals surface area (Å²) in [6, 6.07) is 0. The molecule has 2 rings (SSSR count). The summed E-state index contributed by atoms with van der Waals surface area (Å²) in [5.74, 6) is 1.94. The molecule has 2 aliphatic rings. The summed E-state index contributed by atoms with van der Waals surface area (Å²) in [6.07, 6.45) is 6.73. The molecule has 0 atom stereocenters. The average molecular weight is 317 g/mol. The third-order valence-electron chi connectivity index (χ3n) is 5.30. The van der Waals surface area contributed by atoms with Gasteiger partial charge in [0.1, 0.15) is 0 Å². The lowest BCUT2D eigenvalue weighted by Crippen LogP contribution is -2.41. The largest absolute Gasteiger partial charge is 0.343 e. The van der Waals surface area contributed by atoms with E-state index >= 15 is 0 Å². The van der Waals surface area contributed by atoms with Crippen molar-refractivity contribution in [1.29, 1.82) is 0 Å². The molecule has 0 radical (unpaired) electrons. The van der Waals surface area contributed by atoms with Crippen LogP contribution in [0, 0.1) is 17.3 Å². The Morgan fingerprint density at radius 1 is 1.10 bits per heavy atom. The van der Waals surface area contributed by atoms with Gasteiger partial charge in [-0.3, -0.25) is 4.79 Å². The van der Waals surface area contributed by atoms with Crippen LogP contribution in [0.3, 0.4) is 0 Å². The zero-order chi connectivity index (χ0) is 14.6. The smallest absolute Gasteiger partial charge is 0.222 e. The Hall–Kier alpha value is -0.280. The Kier molecular flexibility index (Phi) is 7.49. The Labute approximate surface area is 136 Å². The molecule has 0 spiro atoms. The number of nitrogens with zero attached hydrogens (tertiary/aromatic N) is 1. The predicted octanol–water partition coefficient (Wildman–Crippen LogP) is 3.47. The third kappa shape index (κ3) is 5.78. The first-order valence-corrected chi connectivity index (χ1v) is 8.45. The maximum Gasteiger partial charge on any atom is 0.222 e. The molecule has 0 aromatic carbocycles. The van der Waals surface area contributed by atoms with Gasteiger partial charge in [-0.15, -0.1) is 12.4 Å². The summed E-state index contributed by atoms with van der Waals surface area (Å²) in [5, 5.41) is 3.39. The normalized spacial score (nSPS) is 22.0. The SMILES string of the molecule is CC(C)(C)C1CCN(C(=O)CCC2CCNCC2)CC1.Cl. The molecule has 0 aromatic heterocycles. The molecule has 1 amide bonds. The quantitative estimate of drug-likeness (QED) is 0.864. The second kappa shape index (κ2) is 8.38. The van der Waals surface area contributed by atoms with Crippen LogP contribution in [-0.2, 0) is 4.79 Å². The molecule has 0 aliphatic carbocycles. The molecule has 3 nitrogen and oxygen atoms in total. The van der Waals surface area contributed by atoms with Crippen molar-refractivity contribution in [3.63, 3.8) is 0 Å². The van der Waals surface area contributed by atoms with E-state index in [2.05, 4.69) is 31.0 Å². The summed E-state index contributed by atoms with van der Waals surface area (Å²) in [7, 11) is 0. The minimum absolute atomic E-state index is 0. The second-order valence-electron chi connectivity index (χ2n) is 7.75. The fourth-order valence-corrected chi connectivity index (χ4v) is 3.65. The van der Waals surface area contributed by atoms with Gasteiger partial charge in [-0.05, 0) is 62.4 Å². The predicted molar refractivity (Wildman–Crippen MR) is 90.8 cm³/mol. The first-order chi connectivity index (χ1) is 9.47. The van der Waals surface area contributed by atoms with Crippen LogP contribution in [0.2, 0.25) is 0 Å². The van der Waals surface area contributed by atoms with Gasteiger partial charge in [0.25, 0.3) is 0 Å². The zero-order valence-corrected chi connectivity index (χ0v) is 14.8. The van der Waals surface area contributed by atoms with E-state index in [0.29, 0.717) is 11.3 Å². The number of hydrogen-bond acceptors (Lipinski definition) is 2. The van der Waals surface area contributed by atoms with Gasteiger partial charge in [-0.2, -0.15) is 0 Å². The van der Waals surface area contributed by atoms with Gasteiger partial charge in [0.05, 0.1) is 0 Å². The van der Waals surface area contributed by atoms with Crippen LogP contribution in [0.25, 0.3) is 0 Å². The van der Waals surface area contributed by atoms with E-state index in [0.717, 1.165) is 50.9 Å². The Morgan fingerprint density at radius 3 is 2.19 bits per heavy atom. The lowest BCUT2D eigenvalue weighted by molar-refractivity contribution is -0.133. The maximum atomic E-state index is 12.3. The molecule has 2 saturated heterocycles. The Bertz CT molecular complexity index is 313. The van der Waals surface area contributed by atoms with Crippen molar-refractivity contribution in [3.05, 3.63) is 0 Å². The van der Waals surface area contributed by atoms with Crippen molar-refractivity contribution in [2.75, 3.05) is 26.2 Å². The van der Waals surface area contributed by atoms with E-state index in [1.165, 1.54) is 25.7 Å². The molecule has 0 unspecified atom stereocenters. The van der Waals surface area contributed by atoms with Gasteiger partial charge in [0.15, 0.2) is 0 Å². The van der Waals surface area contributed by atoms with Crippen molar-refractivity contribution in [1.82, 2.24) is 10.2 Å². The summed E-state index contributed by atoms with van der Waals surface area (Å²) < 4.78 is 0. The Morgan fingerprint density at radius 2 is 1.67 bits per heavy atom. The van der Waals surface area contributed by atoms with Crippen molar-refractivity contribution in [3.8, 4) is 0 Å². The first-order valence-electron chi connectivity index (χ1n) is 8.45. The fraction of sp³-hybridized carbons (Fsp3) is 0.941. The van der Waals surface area contributed by atoms with E-state index in [4.69, 9.17) is 0 Å². The lowest BCUT2D eigenvalue weighted by Gasteiger charge is -2.39. The van der Waals surface area contributed by atoms with E-state index in [-0.39, 0.29) is 12.4 Å². The topological polar surface area (TPSA) is 32.3 Å². The summed E-state index contributed by atoms with van der Waals surface area (Å²) >= 11 is 0. The molecule has 0 saturated carbocycles. The standard InChI is InChI=1S/C17H32N2O.ClH/c1-17(2,3)15-8-12-19(13-9-15)16(20)5-4-14-6-10-18-11-7-14;/h14-15,18H,4-13H2,1-3H3;1H. The van der Waals surface area contributed by atoms with Gasteiger partial charge in [-0.25, -0.2) is 0 Å². The van der Waals surface area contributed by atoms with Crippen LogP contribution in [-0.4, -0.2) is 37.0 Å². The van der Waals surface area contributed by atoms with Crippen molar-refractivity contribution in [2.45, 2.75) is 59.3 Å². The first kappa shape index (κ1) is 18.8. The number of rotatable bonds is 3. The molecule has 0 aromatic rings. The highest BCUT2D eigenvalue weighted by Crippen LogP contribution is 2.34. The molecule has 2 fully saturated rings. The third-order valence-corrected chi connectivity index (χ3v) is 5.30. The lowest BCUT2D eigenvalue weighted by atomic mass is 9.75. The van der Waals surface area contributed by atoms with Crippen molar-refractivity contribution >= 4 is 18.3 Å². The summed E-state index contributed by atoms with van der Waals surface area (Å²) in [5.41, 5.74) is 0.393. The number of hydrogen-bond donors (Lipinski definition) is 1. The van der Waals surface area contributed by atoms with Crippen LogP contribution >= 0.6 is 12.4 Å². The summed E-state index contributed by atoms with van der Waals surface area (Å²) in [4.78, 5) is 14.4. The number of piperidine rings is 2. The van der Waals surface area contributed by atoms with Gasteiger partial charge >= 0.3 is 0 Å². The van der Waals surface area contributed by atoms with Gasteiger partial charge < -0.3 is 10.2 Å². The maximum absolute atomic E-state index is 12.3. The number of carbonyl (C=O) groups is 1. The van der Waals surface area contributed by atoms with Gasteiger partial charge in [-0.1, -0.05) is 20.8 Å². The molecular weight excluding hydrogens is 284 g/mol. The number of halogens is 1. The molecule has 4 heteroatoms. The minimum Gasteiger partial charge on any atom is -0.343 e. The highest BCUT2D eigenvalue weighted by Gasteiger charge is 2.30. The number of carbonyl (C=O) groups excluding carboxylic acids is 1. The van der Waals surface area contributed by atoms with Crippen molar-refractivity contribution < 1.29 is 4.79 Å². The van der Waals surface area contributed by atoms with Crippen LogP contribution in [0.1, 0.15) is 59.3 Å². The Balaban J connectivity index is 0.00000220. The monoisotopic (exact) mass is 316 g/mol. The van der Waals surface area contributed by atoms with E-state index in [1.807, 2.05) is 0 Å². The molecule has 1 N–H and O–H groups in total.